The van der Waals surface area contributed by atoms with Crippen LogP contribution >= 0.6 is 11.3 Å². The number of aryl methyl sites for hydroxylation is 2. The fourth-order valence-corrected chi connectivity index (χ4v) is 5.23. The van der Waals surface area contributed by atoms with Gasteiger partial charge in [-0.15, -0.1) is 11.3 Å². The van der Waals surface area contributed by atoms with Crippen molar-refractivity contribution in [1.82, 2.24) is 15.2 Å². The number of amides is 1. The highest BCUT2D eigenvalue weighted by Gasteiger charge is 2.30. The second-order valence-electron chi connectivity index (χ2n) is 7.51. The first-order chi connectivity index (χ1) is 11.5. The summed E-state index contributed by atoms with van der Waals surface area (Å²) in [7, 11) is 0. The Kier molecular flexibility index (Phi) is 5.93. The number of carbonyl (C=O) groups is 1. The van der Waals surface area contributed by atoms with E-state index in [-0.39, 0.29) is 17.9 Å². The summed E-state index contributed by atoms with van der Waals surface area (Å²) in [5, 5.41) is 4.27. The maximum Gasteiger partial charge on any atom is 0.223 e. The number of nitrogens with one attached hydrogen (secondary N) is 1. The van der Waals surface area contributed by atoms with E-state index in [2.05, 4.69) is 29.0 Å². The lowest BCUT2D eigenvalue weighted by Crippen LogP contribution is -2.45. The summed E-state index contributed by atoms with van der Waals surface area (Å²) in [4.78, 5) is 21.1. The minimum Gasteiger partial charge on any atom is -0.348 e. The van der Waals surface area contributed by atoms with E-state index in [1.165, 1.54) is 37.0 Å². The molecule has 1 aliphatic heterocycles. The van der Waals surface area contributed by atoms with E-state index in [0.29, 0.717) is 0 Å². The molecule has 1 atom stereocenters. The van der Waals surface area contributed by atoms with Crippen LogP contribution in [0.15, 0.2) is 0 Å². The van der Waals surface area contributed by atoms with Gasteiger partial charge >= 0.3 is 0 Å². The number of aromatic nitrogens is 1. The predicted molar refractivity (Wildman–Crippen MR) is 99.3 cm³/mol. The Morgan fingerprint density at radius 2 is 1.83 bits per heavy atom. The van der Waals surface area contributed by atoms with Crippen molar-refractivity contribution in [2.24, 2.45) is 5.92 Å². The zero-order chi connectivity index (χ0) is 17.1. The molecule has 1 saturated carbocycles. The van der Waals surface area contributed by atoms with Gasteiger partial charge in [0, 0.05) is 16.8 Å². The van der Waals surface area contributed by atoms with Crippen molar-refractivity contribution in [3.63, 3.8) is 0 Å². The van der Waals surface area contributed by atoms with E-state index >= 15 is 0 Å². The predicted octanol–water partition coefficient (Wildman–Crippen LogP) is 3.98. The van der Waals surface area contributed by atoms with Crippen LogP contribution in [0.4, 0.5) is 0 Å². The van der Waals surface area contributed by atoms with Crippen LogP contribution in [0.5, 0.6) is 0 Å². The summed E-state index contributed by atoms with van der Waals surface area (Å²) in [5.41, 5.74) is 1.03. The smallest absolute Gasteiger partial charge is 0.223 e. The first kappa shape index (κ1) is 17.9. The minimum atomic E-state index is 0.0128. The van der Waals surface area contributed by atoms with Gasteiger partial charge in [0.15, 0.2) is 0 Å². The molecule has 2 fully saturated rings. The van der Waals surface area contributed by atoms with Gasteiger partial charge in [-0.2, -0.15) is 0 Å². The van der Waals surface area contributed by atoms with E-state index in [0.717, 1.165) is 42.7 Å². The van der Waals surface area contributed by atoms with E-state index in [1.54, 1.807) is 11.3 Å². The molecular formula is C19H31N3OS. The van der Waals surface area contributed by atoms with Crippen molar-refractivity contribution in [3.05, 3.63) is 15.6 Å². The third-order valence-corrected chi connectivity index (χ3v) is 6.60. The molecule has 1 N–H and O–H groups in total. The van der Waals surface area contributed by atoms with Crippen LogP contribution in [0.1, 0.15) is 73.5 Å². The highest BCUT2D eigenvalue weighted by atomic mass is 32.1. The van der Waals surface area contributed by atoms with Crippen LogP contribution in [-0.4, -0.2) is 34.9 Å². The van der Waals surface area contributed by atoms with Crippen molar-refractivity contribution in [2.45, 2.75) is 77.8 Å². The fraction of sp³-hybridized carbons (Fsp3) is 0.789. The Morgan fingerprint density at radius 1 is 1.17 bits per heavy atom. The molecule has 1 aromatic heterocycles. The zero-order valence-corrected chi connectivity index (χ0v) is 16.1. The third kappa shape index (κ3) is 4.17. The van der Waals surface area contributed by atoms with Crippen molar-refractivity contribution in [2.75, 3.05) is 13.1 Å². The molecule has 0 spiro atoms. The molecule has 0 aromatic carbocycles. The van der Waals surface area contributed by atoms with Crippen molar-refractivity contribution < 1.29 is 4.79 Å². The molecule has 1 saturated heterocycles. The Hall–Kier alpha value is -0.940. The first-order valence-electron chi connectivity index (χ1n) is 9.53. The standard InChI is InChI=1S/C19H31N3OS/c1-13(18-14(2)24-15(3)21-18)20-19(23)16-9-11-22(12-10-16)17-7-5-4-6-8-17/h13,16-17H,4-12H2,1-3H3,(H,20,23). The summed E-state index contributed by atoms with van der Waals surface area (Å²) in [5.74, 6) is 0.392. The number of rotatable bonds is 4. The molecule has 134 valence electrons. The number of likely N-dealkylation sites (tertiary alicyclic amines) is 1. The molecule has 2 heterocycles. The Morgan fingerprint density at radius 3 is 2.42 bits per heavy atom. The normalized spacial score (nSPS) is 22.5. The Labute approximate surface area is 150 Å². The Balaban J connectivity index is 1.49. The molecule has 1 unspecified atom stereocenters. The monoisotopic (exact) mass is 349 g/mol. The van der Waals surface area contributed by atoms with Gasteiger partial charge in [-0.3, -0.25) is 4.79 Å². The molecule has 1 amide bonds. The van der Waals surface area contributed by atoms with Crippen LogP contribution < -0.4 is 5.32 Å². The SMILES string of the molecule is Cc1nc(C(C)NC(=O)C2CCN(C3CCCCC3)CC2)c(C)s1. The number of hydrogen-bond donors (Lipinski definition) is 1. The van der Waals surface area contributed by atoms with Gasteiger partial charge in [0.25, 0.3) is 0 Å². The molecular weight excluding hydrogens is 318 g/mol. The van der Waals surface area contributed by atoms with Gasteiger partial charge in [0.05, 0.1) is 16.7 Å². The molecule has 0 bridgehead atoms. The minimum absolute atomic E-state index is 0.0128. The summed E-state index contributed by atoms with van der Waals surface area (Å²) in [6, 6.07) is 0.793. The van der Waals surface area contributed by atoms with E-state index < -0.39 is 0 Å². The summed E-state index contributed by atoms with van der Waals surface area (Å²) in [6.07, 6.45) is 8.90. The zero-order valence-electron chi connectivity index (χ0n) is 15.3. The largest absolute Gasteiger partial charge is 0.348 e. The van der Waals surface area contributed by atoms with E-state index in [4.69, 9.17) is 0 Å². The van der Waals surface area contributed by atoms with Crippen molar-refractivity contribution in [3.8, 4) is 0 Å². The summed E-state index contributed by atoms with van der Waals surface area (Å²) < 4.78 is 0. The average molecular weight is 350 g/mol. The van der Waals surface area contributed by atoms with Gasteiger partial charge in [-0.1, -0.05) is 19.3 Å². The molecule has 5 heteroatoms. The maximum atomic E-state index is 12.6. The van der Waals surface area contributed by atoms with Gasteiger partial charge in [-0.05, 0) is 59.5 Å². The fourth-order valence-electron chi connectivity index (χ4n) is 4.32. The third-order valence-electron chi connectivity index (χ3n) is 5.70. The van der Waals surface area contributed by atoms with Gasteiger partial charge < -0.3 is 10.2 Å². The summed E-state index contributed by atoms with van der Waals surface area (Å²) >= 11 is 1.71. The van der Waals surface area contributed by atoms with E-state index in [1.807, 2.05) is 6.92 Å². The quantitative estimate of drug-likeness (QED) is 0.894. The molecule has 1 aliphatic carbocycles. The molecule has 24 heavy (non-hydrogen) atoms. The topological polar surface area (TPSA) is 45.2 Å². The highest BCUT2D eigenvalue weighted by Crippen LogP contribution is 2.28. The number of thiazole rings is 1. The number of nitrogens with zero attached hydrogens (tertiary/aromatic N) is 2. The van der Waals surface area contributed by atoms with Gasteiger partial charge in [0.1, 0.15) is 0 Å². The molecule has 4 nitrogen and oxygen atoms in total. The van der Waals surface area contributed by atoms with Crippen LogP contribution in [0, 0.1) is 19.8 Å². The molecule has 3 rings (SSSR count). The van der Waals surface area contributed by atoms with Crippen LogP contribution in [0.2, 0.25) is 0 Å². The Bertz CT molecular complexity index is 557. The first-order valence-corrected chi connectivity index (χ1v) is 10.3. The molecule has 2 aliphatic rings. The van der Waals surface area contributed by atoms with Crippen LogP contribution in [-0.2, 0) is 4.79 Å². The number of piperidine rings is 1. The lowest BCUT2D eigenvalue weighted by molar-refractivity contribution is -0.127. The molecule has 1 aromatic rings. The van der Waals surface area contributed by atoms with Crippen molar-refractivity contribution in [1.29, 1.82) is 0 Å². The summed E-state index contributed by atoms with van der Waals surface area (Å²) in [6.45, 7) is 8.34. The van der Waals surface area contributed by atoms with Gasteiger partial charge in [0.2, 0.25) is 5.91 Å². The number of carbonyl (C=O) groups excluding carboxylic acids is 1. The molecule has 0 radical (unpaired) electrons. The average Bonchev–Trinajstić information content (AvgIpc) is 2.94. The van der Waals surface area contributed by atoms with Crippen LogP contribution in [0.25, 0.3) is 0 Å². The lowest BCUT2D eigenvalue weighted by atomic mass is 9.89. The van der Waals surface area contributed by atoms with Gasteiger partial charge in [-0.25, -0.2) is 4.98 Å². The van der Waals surface area contributed by atoms with E-state index in [9.17, 15) is 4.79 Å². The van der Waals surface area contributed by atoms with Crippen molar-refractivity contribution >= 4 is 17.2 Å². The lowest BCUT2D eigenvalue weighted by Gasteiger charge is -2.39. The maximum absolute atomic E-state index is 12.6. The second kappa shape index (κ2) is 7.96. The second-order valence-corrected chi connectivity index (χ2v) is 8.91. The highest BCUT2D eigenvalue weighted by molar-refractivity contribution is 7.11. The number of hydrogen-bond acceptors (Lipinski definition) is 4. The van der Waals surface area contributed by atoms with Crippen LogP contribution in [0.3, 0.4) is 0 Å².